The van der Waals surface area contributed by atoms with Gasteiger partial charge in [-0.15, -0.1) is 0 Å². The van der Waals surface area contributed by atoms with Gasteiger partial charge in [0.2, 0.25) is 0 Å². The highest BCUT2D eigenvalue weighted by Crippen LogP contribution is 2.27. The molecule has 0 aromatic rings. The van der Waals surface area contributed by atoms with E-state index in [1.807, 2.05) is 20.2 Å². The van der Waals surface area contributed by atoms with Crippen molar-refractivity contribution in [2.75, 3.05) is 14.1 Å². The van der Waals surface area contributed by atoms with E-state index in [-0.39, 0.29) is 11.4 Å². The summed E-state index contributed by atoms with van der Waals surface area (Å²) in [5, 5.41) is 8.92. The highest BCUT2D eigenvalue weighted by atomic mass is 16.1. The van der Waals surface area contributed by atoms with E-state index in [4.69, 9.17) is 5.26 Å². The average molecular weight is 234 g/mol. The second-order valence-electron chi connectivity index (χ2n) is 5.08. The first kappa shape index (κ1) is 13.8. The van der Waals surface area contributed by atoms with Gasteiger partial charge in [-0.05, 0) is 12.3 Å². The van der Waals surface area contributed by atoms with Crippen LogP contribution in [0.4, 0.5) is 0 Å². The Balaban J connectivity index is 2.40. The van der Waals surface area contributed by atoms with Crippen LogP contribution in [-0.2, 0) is 4.79 Å². The molecular weight excluding hydrogens is 212 g/mol. The van der Waals surface area contributed by atoms with Crippen molar-refractivity contribution in [3.05, 3.63) is 11.8 Å². The molecule has 1 aliphatic carbocycles. The van der Waals surface area contributed by atoms with Crippen LogP contribution >= 0.6 is 0 Å². The Labute approximate surface area is 104 Å². The molecule has 1 rings (SSSR count). The molecule has 0 aromatic carbocycles. The Bertz CT molecular complexity index is 320. The second kappa shape index (κ2) is 7.11. The standard InChI is InChI=1S/C14H22N2O/c1-16(2)11-13(10-15)14(17)9-8-12-6-4-3-5-7-12/h11-12H,3-9H2,1-2H3. The third kappa shape index (κ3) is 5.04. The third-order valence-electron chi connectivity index (χ3n) is 3.31. The molecule has 0 bridgehead atoms. The molecule has 0 heterocycles. The van der Waals surface area contributed by atoms with E-state index in [0.717, 1.165) is 6.42 Å². The molecule has 0 spiro atoms. The fourth-order valence-corrected chi connectivity index (χ4v) is 2.37. The van der Waals surface area contributed by atoms with E-state index in [1.54, 1.807) is 11.1 Å². The van der Waals surface area contributed by atoms with E-state index < -0.39 is 0 Å². The Hall–Kier alpha value is -1.30. The topological polar surface area (TPSA) is 44.1 Å². The van der Waals surface area contributed by atoms with Gasteiger partial charge in [-0.25, -0.2) is 0 Å². The number of carbonyl (C=O) groups excluding carboxylic acids is 1. The van der Waals surface area contributed by atoms with Gasteiger partial charge >= 0.3 is 0 Å². The lowest BCUT2D eigenvalue weighted by Crippen LogP contribution is -2.12. The number of rotatable bonds is 5. The number of ketones is 1. The van der Waals surface area contributed by atoms with Gasteiger partial charge in [0, 0.05) is 26.7 Å². The first-order valence-corrected chi connectivity index (χ1v) is 6.45. The lowest BCUT2D eigenvalue weighted by molar-refractivity contribution is -0.115. The van der Waals surface area contributed by atoms with Crippen molar-refractivity contribution in [2.45, 2.75) is 44.9 Å². The zero-order chi connectivity index (χ0) is 12.7. The normalized spacial score (nSPS) is 17.6. The maximum absolute atomic E-state index is 11.8. The Kier molecular flexibility index (Phi) is 5.76. The molecule has 3 nitrogen and oxygen atoms in total. The van der Waals surface area contributed by atoms with Gasteiger partial charge in [-0.2, -0.15) is 5.26 Å². The molecule has 0 aliphatic heterocycles. The van der Waals surface area contributed by atoms with E-state index in [1.165, 1.54) is 32.1 Å². The van der Waals surface area contributed by atoms with Crippen molar-refractivity contribution >= 4 is 5.78 Å². The maximum Gasteiger partial charge on any atom is 0.174 e. The molecule has 1 fully saturated rings. The summed E-state index contributed by atoms with van der Waals surface area (Å²) in [5.74, 6) is 0.693. The molecule has 0 radical (unpaired) electrons. The summed E-state index contributed by atoms with van der Waals surface area (Å²) in [6.07, 6.45) is 9.55. The quantitative estimate of drug-likeness (QED) is 0.542. The van der Waals surface area contributed by atoms with Gasteiger partial charge in [0.05, 0.1) is 0 Å². The van der Waals surface area contributed by atoms with Crippen LogP contribution in [0.2, 0.25) is 0 Å². The smallest absolute Gasteiger partial charge is 0.174 e. The van der Waals surface area contributed by atoms with Crippen LogP contribution < -0.4 is 0 Å². The lowest BCUT2D eigenvalue weighted by Gasteiger charge is -2.20. The highest BCUT2D eigenvalue weighted by Gasteiger charge is 2.16. The summed E-state index contributed by atoms with van der Waals surface area (Å²) in [4.78, 5) is 13.6. The van der Waals surface area contributed by atoms with E-state index in [2.05, 4.69) is 0 Å². The number of Topliss-reactive ketones (excluding diaryl/α,β-unsaturated/α-hetero) is 1. The molecule has 17 heavy (non-hydrogen) atoms. The summed E-state index contributed by atoms with van der Waals surface area (Å²) in [6.45, 7) is 0. The van der Waals surface area contributed by atoms with Crippen LogP contribution in [0, 0.1) is 17.2 Å². The number of carbonyl (C=O) groups is 1. The molecular formula is C14H22N2O. The molecule has 0 aromatic heterocycles. The van der Waals surface area contributed by atoms with Crippen LogP contribution in [-0.4, -0.2) is 24.8 Å². The highest BCUT2D eigenvalue weighted by molar-refractivity contribution is 5.98. The fraction of sp³-hybridized carbons (Fsp3) is 0.714. The molecule has 3 heteroatoms. The number of hydrogen-bond donors (Lipinski definition) is 0. The summed E-state index contributed by atoms with van der Waals surface area (Å²) in [5.41, 5.74) is 0.283. The second-order valence-corrected chi connectivity index (χ2v) is 5.08. The van der Waals surface area contributed by atoms with Gasteiger partial charge in [-0.3, -0.25) is 4.79 Å². The molecule has 1 aliphatic rings. The number of nitrogens with zero attached hydrogens (tertiary/aromatic N) is 2. The Morgan fingerprint density at radius 1 is 1.35 bits per heavy atom. The minimum absolute atomic E-state index is 0.00762. The molecule has 0 unspecified atom stereocenters. The number of nitriles is 1. The maximum atomic E-state index is 11.8. The van der Waals surface area contributed by atoms with E-state index in [9.17, 15) is 4.79 Å². The average Bonchev–Trinajstić information content (AvgIpc) is 2.34. The van der Waals surface area contributed by atoms with Gasteiger partial charge in [-0.1, -0.05) is 32.1 Å². The molecule has 94 valence electrons. The minimum atomic E-state index is -0.00762. The fourth-order valence-electron chi connectivity index (χ4n) is 2.37. The minimum Gasteiger partial charge on any atom is -0.382 e. The summed E-state index contributed by atoms with van der Waals surface area (Å²) in [7, 11) is 3.65. The largest absolute Gasteiger partial charge is 0.382 e. The zero-order valence-corrected chi connectivity index (χ0v) is 10.9. The first-order chi connectivity index (χ1) is 8.13. The van der Waals surface area contributed by atoms with Crippen LogP contribution in [0.3, 0.4) is 0 Å². The van der Waals surface area contributed by atoms with Crippen molar-refractivity contribution < 1.29 is 4.79 Å². The van der Waals surface area contributed by atoms with Gasteiger partial charge in [0.1, 0.15) is 11.6 Å². The van der Waals surface area contributed by atoms with Gasteiger partial charge in [0.25, 0.3) is 0 Å². The molecule has 0 amide bonds. The van der Waals surface area contributed by atoms with Crippen LogP contribution in [0.5, 0.6) is 0 Å². The summed E-state index contributed by atoms with van der Waals surface area (Å²) < 4.78 is 0. The van der Waals surface area contributed by atoms with E-state index in [0.29, 0.717) is 12.3 Å². The first-order valence-electron chi connectivity index (χ1n) is 6.45. The van der Waals surface area contributed by atoms with Crippen LogP contribution in [0.1, 0.15) is 44.9 Å². The lowest BCUT2D eigenvalue weighted by atomic mass is 9.85. The third-order valence-corrected chi connectivity index (χ3v) is 3.31. The van der Waals surface area contributed by atoms with Crippen molar-refractivity contribution in [1.29, 1.82) is 5.26 Å². The molecule has 0 N–H and O–H groups in total. The predicted octanol–water partition coefficient (Wildman–Crippen LogP) is 2.89. The Morgan fingerprint density at radius 2 is 2.00 bits per heavy atom. The van der Waals surface area contributed by atoms with Crippen molar-refractivity contribution in [1.82, 2.24) is 4.90 Å². The summed E-state index contributed by atoms with van der Waals surface area (Å²) >= 11 is 0. The zero-order valence-electron chi connectivity index (χ0n) is 10.9. The molecule has 0 atom stereocenters. The SMILES string of the molecule is CN(C)C=C(C#N)C(=O)CCC1CCCCC1. The summed E-state index contributed by atoms with van der Waals surface area (Å²) in [6, 6.07) is 1.99. The Morgan fingerprint density at radius 3 is 2.53 bits per heavy atom. The predicted molar refractivity (Wildman–Crippen MR) is 68.2 cm³/mol. The monoisotopic (exact) mass is 234 g/mol. The molecule has 0 saturated heterocycles. The van der Waals surface area contributed by atoms with Crippen molar-refractivity contribution in [3.63, 3.8) is 0 Å². The van der Waals surface area contributed by atoms with E-state index >= 15 is 0 Å². The number of hydrogen-bond acceptors (Lipinski definition) is 3. The van der Waals surface area contributed by atoms with Crippen LogP contribution in [0.15, 0.2) is 11.8 Å². The van der Waals surface area contributed by atoms with Gasteiger partial charge < -0.3 is 4.90 Å². The van der Waals surface area contributed by atoms with Crippen molar-refractivity contribution in [3.8, 4) is 6.07 Å². The van der Waals surface area contributed by atoms with Crippen LogP contribution in [0.25, 0.3) is 0 Å². The van der Waals surface area contributed by atoms with Gasteiger partial charge in [0.15, 0.2) is 5.78 Å². The number of allylic oxidation sites excluding steroid dienone is 1. The van der Waals surface area contributed by atoms with Crippen molar-refractivity contribution in [2.24, 2.45) is 5.92 Å². The molecule has 1 saturated carbocycles.